The Morgan fingerprint density at radius 3 is 2.65 bits per heavy atom. The molecule has 0 aromatic carbocycles. The van der Waals surface area contributed by atoms with E-state index >= 15 is 0 Å². The molecule has 0 saturated heterocycles. The number of anilines is 1. The maximum absolute atomic E-state index is 11.4. The monoisotopic (exact) mass is 280 g/mol. The van der Waals surface area contributed by atoms with Crippen molar-refractivity contribution in [3.05, 3.63) is 24.0 Å². The number of hydrogen-bond acceptors (Lipinski definition) is 5. The zero-order valence-electron chi connectivity index (χ0n) is 11.9. The van der Waals surface area contributed by atoms with E-state index in [1.165, 1.54) is 6.20 Å². The summed E-state index contributed by atoms with van der Waals surface area (Å²) in [6, 6.07) is 3.26. The minimum Gasteiger partial charge on any atom is -0.444 e. The van der Waals surface area contributed by atoms with Crippen LogP contribution in [-0.2, 0) is 4.74 Å². The number of pyridine rings is 1. The third kappa shape index (κ3) is 6.03. The molecule has 1 aromatic rings. The molecule has 20 heavy (non-hydrogen) atoms. The minimum atomic E-state index is -0.583. The molecule has 0 radical (unpaired) electrons. The first-order valence-electron chi connectivity index (χ1n) is 6.24. The summed E-state index contributed by atoms with van der Waals surface area (Å²) in [6.07, 6.45) is 1.02. The van der Waals surface area contributed by atoms with Gasteiger partial charge in [-0.2, -0.15) is 0 Å². The second-order valence-electron chi connectivity index (χ2n) is 5.15. The summed E-state index contributed by atoms with van der Waals surface area (Å²) in [5.74, 6) is -0.583. The second-order valence-corrected chi connectivity index (χ2v) is 5.15. The lowest BCUT2D eigenvalue weighted by atomic mass is 10.2. The second kappa shape index (κ2) is 6.74. The number of rotatable bonds is 5. The quantitative estimate of drug-likeness (QED) is 0.701. The first-order valence-corrected chi connectivity index (χ1v) is 6.24. The summed E-state index contributed by atoms with van der Waals surface area (Å²) in [6.45, 7) is 6.28. The molecule has 1 rings (SSSR count). The highest BCUT2D eigenvalue weighted by molar-refractivity contribution is 5.91. The molecule has 7 nitrogen and oxygen atoms in total. The van der Waals surface area contributed by atoms with Crippen LogP contribution in [0, 0.1) is 0 Å². The molecular weight excluding hydrogens is 260 g/mol. The van der Waals surface area contributed by atoms with E-state index in [0.717, 1.165) is 0 Å². The number of primary amides is 1. The predicted octanol–water partition coefficient (Wildman–Crippen LogP) is 1.12. The van der Waals surface area contributed by atoms with E-state index in [1.807, 2.05) is 0 Å². The van der Waals surface area contributed by atoms with E-state index in [0.29, 0.717) is 18.8 Å². The Morgan fingerprint density at radius 2 is 2.05 bits per heavy atom. The SMILES string of the molecule is CC(C)(C)OC(=O)NCCNc1ccnc(C(N)=O)c1. The van der Waals surface area contributed by atoms with Crippen molar-refractivity contribution in [1.82, 2.24) is 10.3 Å². The van der Waals surface area contributed by atoms with Crippen LogP contribution in [0.25, 0.3) is 0 Å². The average molecular weight is 280 g/mol. The lowest BCUT2D eigenvalue weighted by Gasteiger charge is -2.19. The molecular formula is C13H20N4O3. The van der Waals surface area contributed by atoms with Crippen LogP contribution in [0.4, 0.5) is 10.5 Å². The van der Waals surface area contributed by atoms with Crippen molar-refractivity contribution >= 4 is 17.7 Å². The molecule has 1 aromatic heterocycles. The van der Waals surface area contributed by atoms with Crippen LogP contribution in [0.15, 0.2) is 18.3 Å². The normalized spacial score (nSPS) is 10.8. The number of aromatic nitrogens is 1. The van der Waals surface area contributed by atoms with Crippen molar-refractivity contribution in [2.75, 3.05) is 18.4 Å². The number of carbonyl (C=O) groups excluding carboxylic acids is 2. The van der Waals surface area contributed by atoms with Gasteiger partial charge in [0.05, 0.1) is 0 Å². The molecule has 0 fully saturated rings. The summed E-state index contributed by atoms with van der Waals surface area (Å²) in [7, 11) is 0. The number of ether oxygens (including phenoxy) is 1. The summed E-state index contributed by atoms with van der Waals surface area (Å²) < 4.78 is 5.09. The molecule has 0 aliphatic carbocycles. The van der Waals surface area contributed by atoms with Crippen LogP contribution >= 0.6 is 0 Å². The molecule has 0 aliphatic heterocycles. The van der Waals surface area contributed by atoms with Gasteiger partial charge in [-0.05, 0) is 32.9 Å². The van der Waals surface area contributed by atoms with Gasteiger partial charge < -0.3 is 21.1 Å². The zero-order chi connectivity index (χ0) is 15.2. The fourth-order valence-corrected chi connectivity index (χ4v) is 1.36. The van der Waals surface area contributed by atoms with E-state index in [4.69, 9.17) is 10.5 Å². The van der Waals surface area contributed by atoms with Crippen molar-refractivity contribution in [3.8, 4) is 0 Å². The van der Waals surface area contributed by atoms with Crippen LogP contribution in [0.1, 0.15) is 31.3 Å². The Bertz CT molecular complexity index is 483. The summed E-state index contributed by atoms with van der Waals surface area (Å²) in [5.41, 5.74) is 5.52. The minimum absolute atomic E-state index is 0.190. The number of nitrogens with two attached hydrogens (primary N) is 1. The van der Waals surface area contributed by atoms with Crippen LogP contribution < -0.4 is 16.4 Å². The average Bonchev–Trinajstić information content (AvgIpc) is 2.33. The van der Waals surface area contributed by atoms with E-state index in [9.17, 15) is 9.59 Å². The molecule has 0 spiro atoms. The van der Waals surface area contributed by atoms with Gasteiger partial charge in [-0.3, -0.25) is 9.78 Å². The van der Waals surface area contributed by atoms with Gasteiger partial charge in [0.1, 0.15) is 11.3 Å². The third-order valence-corrected chi connectivity index (χ3v) is 2.13. The van der Waals surface area contributed by atoms with Gasteiger partial charge in [0.25, 0.3) is 5.91 Å². The molecule has 110 valence electrons. The lowest BCUT2D eigenvalue weighted by molar-refractivity contribution is 0.0530. The van der Waals surface area contributed by atoms with E-state index in [1.54, 1.807) is 32.9 Å². The Kier molecular flexibility index (Phi) is 5.31. The van der Waals surface area contributed by atoms with Gasteiger partial charge >= 0.3 is 6.09 Å². The fourth-order valence-electron chi connectivity index (χ4n) is 1.36. The standard InChI is InChI=1S/C13H20N4O3/c1-13(2,3)20-12(19)17-7-6-15-9-4-5-16-10(8-9)11(14)18/h4-5,8H,6-7H2,1-3H3,(H2,14,18)(H,15,16)(H,17,19). The number of nitrogens with zero attached hydrogens (tertiary/aromatic N) is 1. The number of carbonyl (C=O) groups is 2. The Balaban J connectivity index is 2.33. The highest BCUT2D eigenvalue weighted by Gasteiger charge is 2.15. The maximum Gasteiger partial charge on any atom is 0.407 e. The van der Waals surface area contributed by atoms with Gasteiger partial charge in [0, 0.05) is 25.0 Å². The Labute approximate surface area is 117 Å². The van der Waals surface area contributed by atoms with E-state index < -0.39 is 17.6 Å². The van der Waals surface area contributed by atoms with Crippen molar-refractivity contribution in [1.29, 1.82) is 0 Å². The van der Waals surface area contributed by atoms with Gasteiger partial charge in [-0.1, -0.05) is 0 Å². The largest absolute Gasteiger partial charge is 0.444 e. The predicted molar refractivity (Wildman–Crippen MR) is 75.5 cm³/mol. The van der Waals surface area contributed by atoms with Crippen molar-refractivity contribution in [3.63, 3.8) is 0 Å². The molecule has 0 saturated carbocycles. The zero-order valence-corrected chi connectivity index (χ0v) is 11.9. The molecule has 0 unspecified atom stereocenters. The molecule has 0 bridgehead atoms. The van der Waals surface area contributed by atoms with Crippen molar-refractivity contribution < 1.29 is 14.3 Å². The first kappa shape index (κ1) is 15.7. The highest BCUT2D eigenvalue weighted by atomic mass is 16.6. The van der Waals surface area contributed by atoms with Crippen LogP contribution in [-0.4, -0.2) is 35.7 Å². The van der Waals surface area contributed by atoms with Crippen LogP contribution in [0.2, 0.25) is 0 Å². The van der Waals surface area contributed by atoms with E-state index in [2.05, 4.69) is 15.6 Å². The number of nitrogens with one attached hydrogen (secondary N) is 2. The molecule has 0 atom stereocenters. The van der Waals surface area contributed by atoms with Crippen LogP contribution in [0.5, 0.6) is 0 Å². The molecule has 2 amide bonds. The van der Waals surface area contributed by atoms with E-state index in [-0.39, 0.29) is 5.69 Å². The van der Waals surface area contributed by atoms with Crippen LogP contribution in [0.3, 0.4) is 0 Å². The first-order chi connectivity index (χ1) is 9.28. The van der Waals surface area contributed by atoms with Crippen molar-refractivity contribution in [2.45, 2.75) is 26.4 Å². The number of hydrogen-bond donors (Lipinski definition) is 3. The van der Waals surface area contributed by atoms with Gasteiger partial charge in [0.2, 0.25) is 0 Å². The van der Waals surface area contributed by atoms with Gasteiger partial charge in [0.15, 0.2) is 0 Å². The smallest absolute Gasteiger partial charge is 0.407 e. The topological polar surface area (TPSA) is 106 Å². The number of alkyl carbamates (subject to hydrolysis) is 1. The summed E-state index contributed by atoms with van der Waals surface area (Å²) in [5, 5.41) is 5.66. The van der Waals surface area contributed by atoms with Gasteiger partial charge in [-0.25, -0.2) is 4.79 Å². The Hall–Kier alpha value is -2.31. The molecule has 1 heterocycles. The third-order valence-electron chi connectivity index (χ3n) is 2.13. The summed E-state index contributed by atoms with van der Waals surface area (Å²) in [4.78, 5) is 26.2. The highest BCUT2D eigenvalue weighted by Crippen LogP contribution is 2.07. The fraction of sp³-hybridized carbons (Fsp3) is 0.462. The lowest BCUT2D eigenvalue weighted by Crippen LogP contribution is -2.35. The number of amides is 2. The maximum atomic E-state index is 11.4. The summed E-state index contributed by atoms with van der Waals surface area (Å²) >= 11 is 0. The Morgan fingerprint density at radius 1 is 1.35 bits per heavy atom. The molecule has 7 heteroatoms. The van der Waals surface area contributed by atoms with Gasteiger partial charge in [-0.15, -0.1) is 0 Å². The molecule has 4 N–H and O–H groups in total. The van der Waals surface area contributed by atoms with Crippen molar-refractivity contribution in [2.24, 2.45) is 5.73 Å². The molecule has 0 aliphatic rings.